The van der Waals surface area contributed by atoms with Gasteiger partial charge in [0.05, 0.1) is 5.52 Å². The van der Waals surface area contributed by atoms with Crippen LogP contribution in [0.25, 0.3) is 26.1 Å². The van der Waals surface area contributed by atoms with Crippen molar-refractivity contribution in [2.45, 2.75) is 39.0 Å². The van der Waals surface area contributed by atoms with E-state index >= 15 is 0 Å². The van der Waals surface area contributed by atoms with E-state index in [0.29, 0.717) is 5.92 Å². The Morgan fingerprint density at radius 1 is 1.23 bits per heavy atom. The first-order valence-electron chi connectivity index (χ1n) is 7.54. The predicted molar refractivity (Wildman–Crippen MR) is 85.4 cm³/mol. The molecule has 6 nitrogen and oxygen atoms in total. The first-order valence-corrected chi connectivity index (χ1v) is 8.36. The summed E-state index contributed by atoms with van der Waals surface area (Å²) in [4.78, 5) is 10.7. The van der Waals surface area contributed by atoms with Gasteiger partial charge in [0.2, 0.25) is 0 Å². The fourth-order valence-corrected chi connectivity index (χ4v) is 4.66. The van der Waals surface area contributed by atoms with Gasteiger partial charge in [-0.05, 0) is 46.7 Å². The van der Waals surface area contributed by atoms with Gasteiger partial charge in [0.15, 0.2) is 5.65 Å². The molecule has 0 spiro atoms. The summed E-state index contributed by atoms with van der Waals surface area (Å²) in [7, 11) is 0. The van der Waals surface area contributed by atoms with E-state index in [1.165, 1.54) is 28.6 Å². The van der Waals surface area contributed by atoms with Crippen molar-refractivity contribution in [1.82, 2.24) is 30.0 Å². The van der Waals surface area contributed by atoms with E-state index in [-0.39, 0.29) is 0 Å². The van der Waals surface area contributed by atoms with Crippen molar-refractivity contribution >= 4 is 37.4 Å². The van der Waals surface area contributed by atoms with Crippen LogP contribution >= 0.6 is 11.3 Å². The number of hydrogen-bond donors (Lipinski definition) is 0. The van der Waals surface area contributed by atoms with Crippen LogP contribution in [0.1, 0.15) is 43.0 Å². The summed E-state index contributed by atoms with van der Waals surface area (Å²) in [5, 5.41) is 13.0. The van der Waals surface area contributed by atoms with Gasteiger partial charge in [-0.1, -0.05) is 13.8 Å². The molecule has 0 aliphatic heterocycles. The lowest BCUT2D eigenvalue weighted by molar-refractivity contribution is 0.805. The summed E-state index contributed by atoms with van der Waals surface area (Å²) in [5.74, 6) is 0.448. The van der Waals surface area contributed by atoms with Crippen LogP contribution in [-0.4, -0.2) is 30.0 Å². The molecule has 0 aromatic carbocycles. The monoisotopic (exact) mass is 310 g/mol. The van der Waals surface area contributed by atoms with Crippen LogP contribution in [0.3, 0.4) is 0 Å². The van der Waals surface area contributed by atoms with E-state index in [9.17, 15) is 0 Å². The summed E-state index contributed by atoms with van der Waals surface area (Å²) in [6.45, 7) is 4.44. The Balaban J connectivity index is 2.00. The molecule has 7 heteroatoms. The Morgan fingerprint density at radius 2 is 2.09 bits per heavy atom. The molecular formula is C15H14N6S. The fourth-order valence-electron chi connectivity index (χ4n) is 3.53. The first kappa shape index (κ1) is 12.4. The Kier molecular flexibility index (Phi) is 2.36. The molecule has 0 saturated carbocycles. The highest BCUT2D eigenvalue weighted by Crippen LogP contribution is 2.41. The van der Waals surface area contributed by atoms with Gasteiger partial charge in [0.25, 0.3) is 0 Å². The second-order valence-corrected chi connectivity index (χ2v) is 7.11. The van der Waals surface area contributed by atoms with Gasteiger partial charge in [-0.3, -0.25) is 0 Å². The van der Waals surface area contributed by atoms with Gasteiger partial charge in [-0.2, -0.15) is 4.52 Å². The molecule has 0 atom stereocenters. The number of hydrogen-bond acceptors (Lipinski definition) is 6. The molecule has 0 radical (unpaired) electrons. The molecule has 5 rings (SSSR count). The molecule has 0 fully saturated rings. The van der Waals surface area contributed by atoms with Crippen LogP contribution in [0.2, 0.25) is 0 Å². The number of tetrazole rings is 1. The summed E-state index contributed by atoms with van der Waals surface area (Å²) in [5.41, 5.74) is 5.92. The maximum atomic E-state index is 4.98. The highest BCUT2D eigenvalue weighted by atomic mass is 32.1. The fraction of sp³-hybridized carbons (Fsp3) is 0.400. The normalized spacial score (nSPS) is 14.7. The van der Waals surface area contributed by atoms with Crippen molar-refractivity contribution in [3.05, 3.63) is 23.1 Å². The minimum Gasteiger partial charge on any atom is -0.241 e. The number of thiophene rings is 1. The second-order valence-electron chi connectivity index (χ2n) is 6.11. The van der Waals surface area contributed by atoms with Crippen LogP contribution < -0.4 is 0 Å². The zero-order valence-electron chi connectivity index (χ0n) is 12.4. The molecule has 22 heavy (non-hydrogen) atoms. The second kappa shape index (κ2) is 4.19. The van der Waals surface area contributed by atoms with Crippen LogP contribution in [0.5, 0.6) is 0 Å². The highest BCUT2D eigenvalue weighted by molar-refractivity contribution is 7.26. The Labute approximate surface area is 130 Å². The summed E-state index contributed by atoms with van der Waals surface area (Å²) < 4.78 is 2.66. The quantitative estimate of drug-likeness (QED) is 0.541. The van der Waals surface area contributed by atoms with Crippen molar-refractivity contribution in [1.29, 1.82) is 0 Å². The standard InChI is InChI=1S/C15H14N6S/c1-7(2)11-9-5-3-4-8(9)10-12-13(22-15(10)17-11)14-18-19-20-21(14)6-16-12/h6-7H,3-5H2,1-2H3. The van der Waals surface area contributed by atoms with Crippen LogP contribution in [0.4, 0.5) is 0 Å². The van der Waals surface area contributed by atoms with Crippen molar-refractivity contribution < 1.29 is 0 Å². The Bertz CT molecular complexity index is 1040. The summed E-state index contributed by atoms with van der Waals surface area (Å²) in [6, 6.07) is 0. The third-order valence-electron chi connectivity index (χ3n) is 4.45. The largest absolute Gasteiger partial charge is 0.241 e. The number of fused-ring (bicyclic) bond motifs is 7. The number of nitrogens with zero attached hydrogens (tertiary/aromatic N) is 6. The van der Waals surface area contributed by atoms with Crippen molar-refractivity contribution in [3.8, 4) is 0 Å². The number of pyridine rings is 1. The minimum absolute atomic E-state index is 0.448. The third kappa shape index (κ3) is 1.46. The zero-order chi connectivity index (χ0) is 14.8. The average molecular weight is 310 g/mol. The lowest BCUT2D eigenvalue weighted by Crippen LogP contribution is -2.00. The molecule has 4 aromatic rings. The van der Waals surface area contributed by atoms with E-state index in [0.717, 1.165) is 33.5 Å². The maximum absolute atomic E-state index is 4.98. The third-order valence-corrected chi connectivity index (χ3v) is 5.52. The topological polar surface area (TPSA) is 68.9 Å². The molecule has 4 heterocycles. The van der Waals surface area contributed by atoms with Crippen molar-refractivity contribution in [2.75, 3.05) is 0 Å². The predicted octanol–water partition coefficient (Wildman–Crippen LogP) is 2.89. The van der Waals surface area contributed by atoms with Gasteiger partial charge in [0, 0.05) is 11.1 Å². The average Bonchev–Trinajstić information content (AvgIpc) is 3.21. The van der Waals surface area contributed by atoms with E-state index in [2.05, 4.69) is 34.4 Å². The van der Waals surface area contributed by atoms with Crippen LogP contribution in [-0.2, 0) is 12.8 Å². The van der Waals surface area contributed by atoms with Gasteiger partial charge in [0.1, 0.15) is 15.9 Å². The van der Waals surface area contributed by atoms with E-state index in [4.69, 9.17) is 4.98 Å². The molecule has 0 bridgehead atoms. The minimum atomic E-state index is 0.448. The maximum Gasteiger partial charge on any atom is 0.200 e. The van der Waals surface area contributed by atoms with Crippen molar-refractivity contribution in [2.24, 2.45) is 0 Å². The van der Waals surface area contributed by atoms with Crippen LogP contribution in [0, 0.1) is 0 Å². The van der Waals surface area contributed by atoms with Crippen LogP contribution in [0.15, 0.2) is 6.33 Å². The van der Waals surface area contributed by atoms with Gasteiger partial charge >= 0.3 is 0 Å². The number of rotatable bonds is 1. The Hall–Kier alpha value is -2.15. The van der Waals surface area contributed by atoms with Gasteiger partial charge in [-0.25, -0.2) is 9.97 Å². The Morgan fingerprint density at radius 3 is 2.95 bits per heavy atom. The first-order chi connectivity index (χ1) is 10.7. The number of aromatic nitrogens is 6. The summed E-state index contributed by atoms with van der Waals surface area (Å²) >= 11 is 1.66. The summed E-state index contributed by atoms with van der Waals surface area (Å²) in [6.07, 6.45) is 5.17. The smallest absolute Gasteiger partial charge is 0.200 e. The SMILES string of the molecule is CC(C)c1nc2sc3c(ncn4nnnc34)c2c2c1CCC2. The molecular weight excluding hydrogens is 296 g/mol. The molecule has 4 aromatic heterocycles. The molecule has 110 valence electrons. The molecule has 0 amide bonds. The van der Waals surface area contributed by atoms with Gasteiger partial charge in [-0.15, -0.1) is 16.4 Å². The molecule has 0 saturated heterocycles. The van der Waals surface area contributed by atoms with E-state index in [1.54, 1.807) is 22.2 Å². The number of aryl methyl sites for hydroxylation is 1. The molecule has 0 unspecified atom stereocenters. The highest BCUT2D eigenvalue weighted by Gasteiger charge is 2.25. The lowest BCUT2D eigenvalue weighted by atomic mass is 9.99. The molecule has 1 aliphatic rings. The lowest BCUT2D eigenvalue weighted by Gasteiger charge is -2.11. The van der Waals surface area contributed by atoms with E-state index in [1.807, 2.05) is 0 Å². The molecule has 1 aliphatic carbocycles. The van der Waals surface area contributed by atoms with E-state index < -0.39 is 0 Å². The van der Waals surface area contributed by atoms with Crippen molar-refractivity contribution in [3.63, 3.8) is 0 Å². The van der Waals surface area contributed by atoms with Gasteiger partial charge < -0.3 is 0 Å². The molecule has 0 N–H and O–H groups in total. The zero-order valence-corrected chi connectivity index (χ0v) is 13.2.